The van der Waals surface area contributed by atoms with E-state index in [0.29, 0.717) is 10.8 Å². The van der Waals surface area contributed by atoms with Gasteiger partial charge in [-0.25, -0.2) is 0 Å². The summed E-state index contributed by atoms with van der Waals surface area (Å²) in [5.41, 5.74) is 1.20. The molecule has 0 heterocycles. The molecular weight excluding hydrogens is 364 g/mol. The Kier molecular flexibility index (Phi) is 10.2. The molecule has 0 aromatic carbocycles. The van der Waals surface area contributed by atoms with Crippen molar-refractivity contribution < 1.29 is 5.11 Å². The van der Waals surface area contributed by atoms with Crippen LogP contribution in [0.3, 0.4) is 0 Å². The largest absolute Gasteiger partial charge is 0.393 e. The molecule has 4 saturated carbocycles. The molecule has 4 aliphatic carbocycles. The number of hydrogen-bond donors (Lipinski definition) is 1. The first-order chi connectivity index (χ1) is 14.5. The number of aliphatic hydroxyl groups is 1. The molecule has 4 fully saturated rings. The number of aliphatic hydroxyl groups excluding tert-OH is 1. The molecular formula is C29H56O. The molecule has 4 rings (SSSR count). The van der Waals surface area contributed by atoms with Gasteiger partial charge in [-0.1, -0.05) is 74.1 Å². The minimum Gasteiger partial charge on any atom is -0.393 e. The van der Waals surface area contributed by atoms with Gasteiger partial charge in [0, 0.05) is 0 Å². The average molecular weight is 421 g/mol. The summed E-state index contributed by atoms with van der Waals surface area (Å²) in [5.74, 6) is 4.81. The van der Waals surface area contributed by atoms with Crippen LogP contribution in [-0.4, -0.2) is 11.2 Å². The first kappa shape index (κ1) is 26.2. The average Bonchev–Trinajstić information content (AvgIpc) is 3.11. The van der Waals surface area contributed by atoms with E-state index in [1.807, 2.05) is 27.7 Å². The Morgan fingerprint density at radius 1 is 0.733 bits per heavy atom. The summed E-state index contributed by atoms with van der Waals surface area (Å²) in [7, 11) is 0. The van der Waals surface area contributed by atoms with E-state index in [4.69, 9.17) is 0 Å². The molecule has 0 aliphatic heterocycles. The molecule has 0 bridgehead atoms. The molecule has 178 valence electrons. The summed E-state index contributed by atoms with van der Waals surface area (Å²) >= 11 is 0. The Morgan fingerprint density at radius 2 is 1.40 bits per heavy atom. The van der Waals surface area contributed by atoms with Crippen LogP contribution in [0.4, 0.5) is 0 Å². The third-order valence-electron chi connectivity index (χ3n) is 10.2. The minimum absolute atomic E-state index is 0.00235. The maximum absolute atomic E-state index is 10.2. The third kappa shape index (κ3) is 4.97. The Labute approximate surface area is 190 Å². The molecule has 1 N–H and O–H groups in total. The van der Waals surface area contributed by atoms with E-state index in [1.54, 1.807) is 0 Å². The van der Waals surface area contributed by atoms with Gasteiger partial charge in [0.25, 0.3) is 0 Å². The van der Waals surface area contributed by atoms with Gasteiger partial charge < -0.3 is 5.11 Å². The van der Waals surface area contributed by atoms with E-state index in [1.165, 1.54) is 77.0 Å². The smallest absolute Gasteiger partial charge is 0.0543 e. The SMILES string of the molecule is CC.CC.CCCCCCC1CCC2[C@@H]3CCC4CC(O)CC[C@]4(C)C3CC[C@]12C. The molecule has 0 aromatic rings. The van der Waals surface area contributed by atoms with Gasteiger partial charge in [0.05, 0.1) is 6.10 Å². The van der Waals surface area contributed by atoms with Gasteiger partial charge in [-0.15, -0.1) is 0 Å². The predicted molar refractivity (Wildman–Crippen MR) is 133 cm³/mol. The lowest BCUT2D eigenvalue weighted by molar-refractivity contribution is -0.127. The van der Waals surface area contributed by atoms with Crippen molar-refractivity contribution in [2.75, 3.05) is 0 Å². The molecule has 8 atom stereocenters. The topological polar surface area (TPSA) is 20.2 Å². The van der Waals surface area contributed by atoms with Crippen LogP contribution < -0.4 is 0 Å². The van der Waals surface area contributed by atoms with Gasteiger partial charge in [0.2, 0.25) is 0 Å². The van der Waals surface area contributed by atoms with Gasteiger partial charge in [-0.2, -0.15) is 0 Å². The highest BCUT2D eigenvalue weighted by Gasteiger charge is 2.59. The van der Waals surface area contributed by atoms with Gasteiger partial charge in [0.1, 0.15) is 0 Å². The normalized spacial score (nSPS) is 44.4. The second kappa shape index (κ2) is 11.7. The minimum atomic E-state index is -0.00235. The lowest BCUT2D eigenvalue weighted by Crippen LogP contribution is -2.53. The summed E-state index contributed by atoms with van der Waals surface area (Å²) in [6.07, 6.45) is 19.6. The van der Waals surface area contributed by atoms with E-state index in [9.17, 15) is 5.11 Å². The van der Waals surface area contributed by atoms with E-state index in [0.717, 1.165) is 42.4 Å². The van der Waals surface area contributed by atoms with Crippen LogP contribution >= 0.6 is 0 Å². The summed E-state index contributed by atoms with van der Waals surface area (Å²) < 4.78 is 0. The summed E-state index contributed by atoms with van der Waals surface area (Å²) in [6.45, 7) is 15.7. The fraction of sp³-hybridized carbons (Fsp3) is 1.00. The fourth-order valence-electron chi connectivity index (χ4n) is 8.64. The molecule has 4 aliphatic rings. The van der Waals surface area contributed by atoms with Crippen molar-refractivity contribution >= 4 is 0 Å². The van der Waals surface area contributed by atoms with Crippen LogP contribution in [0.25, 0.3) is 0 Å². The number of rotatable bonds is 5. The number of hydrogen-bond acceptors (Lipinski definition) is 1. The molecule has 0 amide bonds. The molecule has 30 heavy (non-hydrogen) atoms. The van der Waals surface area contributed by atoms with Crippen molar-refractivity contribution in [3.63, 3.8) is 0 Å². The van der Waals surface area contributed by atoms with Gasteiger partial charge in [-0.05, 0) is 105 Å². The van der Waals surface area contributed by atoms with E-state index >= 15 is 0 Å². The van der Waals surface area contributed by atoms with Crippen LogP contribution in [0.15, 0.2) is 0 Å². The van der Waals surface area contributed by atoms with Crippen LogP contribution in [-0.2, 0) is 0 Å². The van der Waals surface area contributed by atoms with Crippen LogP contribution in [0.5, 0.6) is 0 Å². The van der Waals surface area contributed by atoms with Crippen LogP contribution in [0, 0.1) is 40.4 Å². The number of unbranched alkanes of at least 4 members (excludes halogenated alkanes) is 3. The zero-order valence-electron chi connectivity index (χ0n) is 21.8. The fourth-order valence-corrected chi connectivity index (χ4v) is 8.64. The summed E-state index contributed by atoms with van der Waals surface area (Å²) in [6, 6.07) is 0. The Morgan fingerprint density at radius 3 is 2.10 bits per heavy atom. The molecule has 0 saturated heterocycles. The Hall–Kier alpha value is -0.0400. The maximum atomic E-state index is 10.2. The molecule has 1 heteroatoms. The van der Waals surface area contributed by atoms with Crippen molar-refractivity contribution in [1.82, 2.24) is 0 Å². The molecule has 0 spiro atoms. The Bertz CT molecular complexity index is 487. The highest BCUT2D eigenvalue weighted by Crippen LogP contribution is 2.67. The Balaban J connectivity index is 0.000000757. The quantitative estimate of drug-likeness (QED) is 0.440. The van der Waals surface area contributed by atoms with Crippen molar-refractivity contribution in [2.45, 2.75) is 144 Å². The second-order valence-electron chi connectivity index (χ2n) is 11.3. The first-order valence-electron chi connectivity index (χ1n) is 14.2. The lowest BCUT2D eigenvalue weighted by Gasteiger charge is -2.61. The van der Waals surface area contributed by atoms with Crippen molar-refractivity contribution in [1.29, 1.82) is 0 Å². The monoisotopic (exact) mass is 420 g/mol. The van der Waals surface area contributed by atoms with Crippen molar-refractivity contribution in [2.24, 2.45) is 40.4 Å². The molecule has 0 radical (unpaired) electrons. The summed E-state index contributed by atoms with van der Waals surface area (Å²) in [5, 5.41) is 10.2. The third-order valence-corrected chi connectivity index (χ3v) is 10.2. The number of fused-ring (bicyclic) bond motifs is 5. The van der Waals surface area contributed by atoms with Gasteiger partial charge >= 0.3 is 0 Å². The van der Waals surface area contributed by atoms with Crippen molar-refractivity contribution in [3.05, 3.63) is 0 Å². The standard InChI is InChI=1S/C25H44O.2C2H6/c1-4-5-6-7-8-18-10-12-22-21-11-9-19-17-20(26)13-15-25(19,3)23(21)14-16-24(18,22)2;2*1-2/h18-23,26H,4-17H2,1-3H3;2*1-2H3/t18?,19?,20?,21-,22?,23?,24+,25-;;/m0../s1. The second-order valence-corrected chi connectivity index (χ2v) is 11.3. The highest BCUT2D eigenvalue weighted by atomic mass is 16.3. The van der Waals surface area contributed by atoms with Gasteiger partial charge in [0.15, 0.2) is 0 Å². The maximum Gasteiger partial charge on any atom is 0.0543 e. The lowest BCUT2D eigenvalue weighted by atomic mass is 9.44. The summed E-state index contributed by atoms with van der Waals surface area (Å²) in [4.78, 5) is 0. The van der Waals surface area contributed by atoms with Crippen LogP contribution in [0.2, 0.25) is 0 Å². The molecule has 1 nitrogen and oxygen atoms in total. The molecule has 0 aromatic heterocycles. The zero-order chi connectivity index (χ0) is 22.4. The van der Waals surface area contributed by atoms with Crippen LogP contribution in [0.1, 0.15) is 138 Å². The van der Waals surface area contributed by atoms with E-state index in [-0.39, 0.29) is 6.10 Å². The van der Waals surface area contributed by atoms with Crippen molar-refractivity contribution in [3.8, 4) is 0 Å². The van der Waals surface area contributed by atoms with E-state index in [2.05, 4.69) is 20.8 Å². The van der Waals surface area contributed by atoms with Gasteiger partial charge in [-0.3, -0.25) is 0 Å². The molecule has 5 unspecified atom stereocenters. The predicted octanol–water partition coefficient (Wildman–Crippen LogP) is 9.03. The highest BCUT2D eigenvalue weighted by molar-refractivity contribution is 5.09. The van der Waals surface area contributed by atoms with E-state index < -0.39 is 0 Å². The first-order valence-corrected chi connectivity index (χ1v) is 14.2. The zero-order valence-corrected chi connectivity index (χ0v) is 21.8.